The van der Waals surface area contributed by atoms with Crippen LogP contribution in [0.5, 0.6) is 0 Å². The van der Waals surface area contributed by atoms with Gasteiger partial charge in [-0.3, -0.25) is 0 Å². The second kappa shape index (κ2) is 5.49. The van der Waals surface area contributed by atoms with E-state index in [4.69, 9.17) is 10.7 Å². The second-order valence-electron chi connectivity index (χ2n) is 5.36. The van der Waals surface area contributed by atoms with Crippen LogP contribution in [0.3, 0.4) is 0 Å². The van der Waals surface area contributed by atoms with Gasteiger partial charge in [0.1, 0.15) is 0 Å². The molecular formula is C15H16N6S. The van der Waals surface area contributed by atoms with Gasteiger partial charge < -0.3 is 10.6 Å². The van der Waals surface area contributed by atoms with Crippen LogP contribution >= 0.6 is 11.3 Å². The Labute approximate surface area is 132 Å². The number of pyridine rings is 1. The number of nitrogens with zero attached hydrogens (tertiary/aromatic N) is 5. The van der Waals surface area contributed by atoms with Gasteiger partial charge in [0.15, 0.2) is 10.8 Å². The molecule has 3 aromatic heterocycles. The largest absolute Gasteiger partial charge is 0.375 e. The normalized spacial score (nSPS) is 18.7. The first-order valence-electron chi connectivity index (χ1n) is 7.38. The fraction of sp³-hybridized carbons (Fsp3) is 0.333. The van der Waals surface area contributed by atoms with E-state index in [2.05, 4.69) is 32.0 Å². The summed E-state index contributed by atoms with van der Waals surface area (Å²) >= 11 is 1.47. The predicted octanol–water partition coefficient (Wildman–Crippen LogP) is 2.80. The summed E-state index contributed by atoms with van der Waals surface area (Å²) in [6.45, 7) is 0.952. The van der Waals surface area contributed by atoms with E-state index in [0.717, 1.165) is 41.4 Å². The zero-order chi connectivity index (χ0) is 14.9. The average Bonchev–Trinajstić information content (AvgIpc) is 2.95. The van der Waals surface area contributed by atoms with Gasteiger partial charge in [-0.05, 0) is 37.5 Å². The highest BCUT2D eigenvalue weighted by Gasteiger charge is 2.27. The molecule has 0 amide bonds. The van der Waals surface area contributed by atoms with Crippen molar-refractivity contribution in [1.29, 1.82) is 0 Å². The molecule has 22 heavy (non-hydrogen) atoms. The summed E-state index contributed by atoms with van der Waals surface area (Å²) < 4.78 is 1.03. The molecule has 0 saturated carbocycles. The molecule has 4 heterocycles. The van der Waals surface area contributed by atoms with Crippen molar-refractivity contribution in [3.05, 3.63) is 36.3 Å². The molecule has 0 unspecified atom stereocenters. The lowest BCUT2D eigenvalue weighted by Crippen LogP contribution is -2.35. The monoisotopic (exact) mass is 312 g/mol. The van der Waals surface area contributed by atoms with Gasteiger partial charge in [0.25, 0.3) is 0 Å². The summed E-state index contributed by atoms with van der Waals surface area (Å²) in [5.74, 6) is 0.770. The maximum absolute atomic E-state index is 5.77. The van der Waals surface area contributed by atoms with Crippen LogP contribution in [0.1, 0.15) is 31.0 Å². The third kappa shape index (κ3) is 2.37. The highest BCUT2D eigenvalue weighted by molar-refractivity contribution is 7.21. The van der Waals surface area contributed by atoms with Crippen LogP contribution < -0.4 is 10.6 Å². The van der Waals surface area contributed by atoms with Gasteiger partial charge in [-0.25, -0.2) is 19.9 Å². The lowest BCUT2D eigenvalue weighted by Gasteiger charge is -2.35. The van der Waals surface area contributed by atoms with Crippen molar-refractivity contribution >= 4 is 32.8 Å². The number of hydrogen-bond acceptors (Lipinski definition) is 7. The number of hydrogen-bond donors (Lipinski definition) is 1. The highest BCUT2D eigenvalue weighted by atomic mass is 32.1. The van der Waals surface area contributed by atoms with E-state index in [0.29, 0.717) is 5.13 Å². The van der Waals surface area contributed by atoms with Gasteiger partial charge in [0.2, 0.25) is 5.95 Å². The summed E-state index contributed by atoms with van der Waals surface area (Å²) in [6, 6.07) is 6.17. The molecule has 3 aromatic rings. The second-order valence-corrected chi connectivity index (χ2v) is 6.43. The number of rotatable bonds is 2. The van der Waals surface area contributed by atoms with Crippen LogP contribution in [0.2, 0.25) is 0 Å². The van der Waals surface area contributed by atoms with E-state index < -0.39 is 0 Å². The van der Waals surface area contributed by atoms with E-state index in [1.807, 2.05) is 6.07 Å². The van der Waals surface area contributed by atoms with Crippen LogP contribution in [0.25, 0.3) is 10.3 Å². The van der Waals surface area contributed by atoms with Crippen molar-refractivity contribution in [2.45, 2.75) is 25.3 Å². The third-order valence-corrected chi connectivity index (χ3v) is 4.78. The number of anilines is 2. The average molecular weight is 312 g/mol. The molecule has 2 N–H and O–H groups in total. The summed E-state index contributed by atoms with van der Waals surface area (Å²) in [7, 11) is 0. The summed E-state index contributed by atoms with van der Waals surface area (Å²) in [5, 5.41) is 0.562. The summed E-state index contributed by atoms with van der Waals surface area (Å²) in [6.07, 6.45) is 6.96. The molecule has 0 aromatic carbocycles. The van der Waals surface area contributed by atoms with Gasteiger partial charge in [-0.15, -0.1) is 0 Å². The van der Waals surface area contributed by atoms with Gasteiger partial charge in [0, 0.05) is 18.9 Å². The molecule has 112 valence electrons. The quantitative estimate of drug-likeness (QED) is 0.783. The Morgan fingerprint density at radius 2 is 2.00 bits per heavy atom. The third-order valence-electron chi connectivity index (χ3n) is 3.94. The zero-order valence-electron chi connectivity index (χ0n) is 12.0. The van der Waals surface area contributed by atoms with E-state index in [1.54, 1.807) is 12.4 Å². The van der Waals surface area contributed by atoms with Crippen molar-refractivity contribution in [2.24, 2.45) is 0 Å². The van der Waals surface area contributed by atoms with Gasteiger partial charge in [0.05, 0.1) is 16.4 Å². The smallest absolute Gasteiger partial charge is 0.225 e. The molecule has 1 fully saturated rings. The van der Waals surface area contributed by atoms with Crippen molar-refractivity contribution in [1.82, 2.24) is 19.9 Å². The molecule has 0 aliphatic carbocycles. The lowest BCUT2D eigenvalue weighted by molar-refractivity contribution is 0.458. The van der Waals surface area contributed by atoms with Crippen molar-refractivity contribution < 1.29 is 0 Å². The molecule has 1 aliphatic rings. The van der Waals surface area contributed by atoms with Crippen molar-refractivity contribution in [2.75, 3.05) is 17.2 Å². The van der Waals surface area contributed by atoms with Crippen LogP contribution in [-0.2, 0) is 0 Å². The molecule has 1 saturated heterocycles. The van der Waals surface area contributed by atoms with Crippen molar-refractivity contribution in [3.63, 3.8) is 0 Å². The SMILES string of the molecule is Nc1nc2nc([C@H]3CCCCN3c3ncccn3)ccc2s1. The number of nitrogen functional groups attached to an aromatic ring is 1. The Hall–Kier alpha value is -2.28. The van der Waals surface area contributed by atoms with E-state index in [1.165, 1.54) is 17.8 Å². The first kappa shape index (κ1) is 13.4. The number of fused-ring (bicyclic) bond motifs is 1. The standard InChI is InChI=1S/C15H16N6S/c16-14-20-13-12(22-14)6-5-10(19-13)11-4-1-2-9-21(11)15-17-7-3-8-18-15/h3,5-8,11H,1-2,4,9H2,(H2,16,19,20)/t11-/m1/s1. The Morgan fingerprint density at radius 3 is 2.86 bits per heavy atom. The first-order chi connectivity index (χ1) is 10.8. The predicted molar refractivity (Wildman–Crippen MR) is 87.8 cm³/mol. The molecule has 0 bridgehead atoms. The molecule has 0 spiro atoms. The van der Waals surface area contributed by atoms with Crippen LogP contribution in [0, 0.1) is 0 Å². The molecule has 1 atom stereocenters. The van der Waals surface area contributed by atoms with Crippen molar-refractivity contribution in [3.8, 4) is 0 Å². The number of piperidine rings is 1. The fourth-order valence-corrected chi connectivity index (χ4v) is 3.63. The van der Waals surface area contributed by atoms with E-state index in [9.17, 15) is 0 Å². The Morgan fingerprint density at radius 1 is 1.14 bits per heavy atom. The van der Waals surface area contributed by atoms with E-state index in [-0.39, 0.29) is 6.04 Å². The topological polar surface area (TPSA) is 80.8 Å². The fourth-order valence-electron chi connectivity index (χ4n) is 2.95. The number of aromatic nitrogens is 4. The molecular weight excluding hydrogens is 296 g/mol. The Kier molecular flexibility index (Phi) is 3.34. The highest BCUT2D eigenvalue weighted by Crippen LogP contribution is 2.33. The molecule has 0 radical (unpaired) electrons. The number of nitrogens with two attached hydrogens (primary N) is 1. The van der Waals surface area contributed by atoms with Crippen LogP contribution in [0.4, 0.5) is 11.1 Å². The maximum Gasteiger partial charge on any atom is 0.225 e. The molecule has 7 heteroatoms. The first-order valence-corrected chi connectivity index (χ1v) is 8.19. The minimum absolute atomic E-state index is 0.198. The Balaban J connectivity index is 1.73. The van der Waals surface area contributed by atoms with E-state index >= 15 is 0 Å². The van der Waals surface area contributed by atoms with Gasteiger partial charge in [-0.2, -0.15) is 0 Å². The zero-order valence-corrected chi connectivity index (χ0v) is 12.8. The summed E-state index contributed by atoms with van der Waals surface area (Å²) in [4.78, 5) is 20.1. The molecule has 4 rings (SSSR count). The van der Waals surface area contributed by atoms with Gasteiger partial charge >= 0.3 is 0 Å². The molecule has 6 nitrogen and oxygen atoms in total. The number of thiazole rings is 1. The van der Waals surface area contributed by atoms with Crippen LogP contribution in [0.15, 0.2) is 30.6 Å². The minimum atomic E-state index is 0.198. The Bertz CT molecular complexity index is 787. The molecule has 1 aliphatic heterocycles. The lowest BCUT2D eigenvalue weighted by atomic mass is 9.99. The summed E-state index contributed by atoms with van der Waals surface area (Å²) in [5.41, 5.74) is 7.53. The van der Waals surface area contributed by atoms with Gasteiger partial charge in [-0.1, -0.05) is 11.3 Å². The maximum atomic E-state index is 5.77. The minimum Gasteiger partial charge on any atom is -0.375 e. The van der Waals surface area contributed by atoms with Crippen LogP contribution in [-0.4, -0.2) is 26.5 Å².